The number of likely N-dealkylation sites (tertiary alicyclic amines) is 1. The van der Waals surface area contributed by atoms with Crippen molar-refractivity contribution in [1.29, 1.82) is 0 Å². The van der Waals surface area contributed by atoms with E-state index >= 15 is 0 Å². The lowest BCUT2D eigenvalue weighted by atomic mass is 10.0. The van der Waals surface area contributed by atoms with E-state index in [1.54, 1.807) is 25.3 Å². The number of carbonyl (C=O) groups is 1. The summed E-state index contributed by atoms with van der Waals surface area (Å²) in [5.41, 5.74) is 6.99. The van der Waals surface area contributed by atoms with Crippen molar-refractivity contribution < 1.29 is 9.53 Å². The Balaban J connectivity index is 2.20. The van der Waals surface area contributed by atoms with Crippen LogP contribution >= 0.6 is 0 Å². The Morgan fingerprint density at radius 1 is 1.44 bits per heavy atom. The second kappa shape index (κ2) is 5.29. The van der Waals surface area contributed by atoms with Crippen molar-refractivity contribution in [1.82, 2.24) is 4.90 Å². The lowest BCUT2D eigenvalue weighted by Crippen LogP contribution is -2.42. The van der Waals surface area contributed by atoms with E-state index in [4.69, 9.17) is 10.5 Å². The Labute approximate surface area is 108 Å². The van der Waals surface area contributed by atoms with Gasteiger partial charge in [-0.25, -0.2) is 0 Å². The van der Waals surface area contributed by atoms with E-state index in [1.165, 1.54) is 6.42 Å². The number of nitrogens with two attached hydrogens (primary N) is 1. The first-order chi connectivity index (χ1) is 8.63. The summed E-state index contributed by atoms with van der Waals surface area (Å²) < 4.78 is 5.10. The summed E-state index contributed by atoms with van der Waals surface area (Å²) in [5.74, 6) is 0.676. The molecular weight excluding hydrogens is 228 g/mol. The maximum absolute atomic E-state index is 12.4. The predicted octanol–water partition coefficient (Wildman–Crippen LogP) is 2.29. The Hall–Kier alpha value is -1.71. The van der Waals surface area contributed by atoms with Crippen molar-refractivity contribution >= 4 is 11.6 Å². The number of ether oxygens (including phenoxy) is 1. The number of carbonyl (C=O) groups excluding carboxylic acids is 1. The minimum atomic E-state index is 0.0663. The van der Waals surface area contributed by atoms with Crippen molar-refractivity contribution in [3.63, 3.8) is 0 Å². The number of hydrogen-bond acceptors (Lipinski definition) is 3. The second-order valence-corrected chi connectivity index (χ2v) is 4.80. The molecule has 4 heteroatoms. The van der Waals surface area contributed by atoms with Crippen molar-refractivity contribution in [2.75, 3.05) is 19.4 Å². The molecule has 0 saturated carbocycles. The summed E-state index contributed by atoms with van der Waals surface area (Å²) in [6, 6.07) is 5.54. The van der Waals surface area contributed by atoms with E-state index < -0.39 is 0 Å². The number of rotatable bonds is 2. The molecule has 0 aliphatic carbocycles. The summed E-state index contributed by atoms with van der Waals surface area (Å²) in [6.07, 6.45) is 3.37. The summed E-state index contributed by atoms with van der Waals surface area (Å²) in [5, 5.41) is 0. The number of anilines is 1. The van der Waals surface area contributed by atoms with E-state index in [2.05, 4.69) is 6.92 Å². The number of nitrogens with zero attached hydrogens (tertiary/aromatic N) is 1. The van der Waals surface area contributed by atoms with Crippen molar-refractivity contribution in [2.45, 2.75) is 32.2 Å². The molecule has 1 aromatic rings. The zero-order valence-corrected chi connectivity index (χ0v) is 11.0. The van der Waals surface area contributed by atoms with Crippen molar-refractivity contribution in [2.24, 2.45) is 0 Å². The van der Waals surface area contributed by atoms with Crippen LogP contribution in [0.15, 0.2) is 18.2 Å². The average Bonchev–Trinajstić information content (AvgIpc) is 2.38. The molecule has 98 valence electrons. The Bertz CT molecular complexity index is 445. The maximum Gasteiger partial charge on any atom is 0.254 e. The van der Waals surface area contributed by atoms with Crippen LogP contribution in [0.5, 0.6) is 5.75 Å². The fourth-order valence-electron chi connectivity index (χ4n) is 2.43. The third kappa shape index (κ3) is 2.42. The molecule has 0 aromatic heterocycles. The SMILES string of the molecule is COc1ccc(C(=O)N2CCCC[C@H]2C)cc1N. The van der Waals surface area contributed by atoms with Gasteiger partial charge in [-0.3, -0.25) is 4.79 Å². The van der Waals surface area contributed by atoms with Crippen LogP contribution in [0.1, 0.15) is 36.5 Å². The van der Waals surface area contributed by atoms with Gasteiger partial charge in [0.2, 0.25) is 0 Å². The molecule has 0 unspecified atom stereocenters. The number of hydrogen-bond donors (Lipinski definition) is 1. The van der Waals surface area contributed by atoms with Gasteiger partial charge in [0, 0.05) is 18.2 Å². The van der Waals surface area contributed by atoms with Gasteiger partial charge in [0.05, 0.1) is 12.8 Å². The van der Waals surface area contributed by atoms with E-state index in [1.807, 2.05) is 4.90 Å². The van der Waals surface area contributed by atoms with Crippen LogP contribution in [0, 0.1) is 0 Å². The smallest absolute Gasteiger partial charge is 0.254 e. The first kappa shape index (κ1) is 12.7. The minimum Gasteiger partial charge on any atom is -0.495 e. The number of amides is 1. The van der Waals surface area contributed by atoms with Crippen LogP contribution in [0.3, 0.4) is 0 Å². The van der Waals surface area contributed by atoms with E-state index in [0.717, 1.165) is 19.4 Å². The Morgan fingerprint density at radius 2 is 2.22 bits per heavy atom. The molecule has 18 heavy (non-hydrogen) atoms. The van der Waals surface area contributed by atoms with Crippen molar-refractivity contribution in [3.8, 4) is 5.75 Å². The maximum atomic E-state index is 12.4. The third-order valence-corrected chi connectivity index (χ3v) is 3.54. The van der Waals surface area contributed by atoms with Gasteiger partial charge in [0.1, 0.15) is 5.75 Å². The highest BCUT2D eigenvalue weighted by Gasteiger charge is 2.24. The molecule has 0 spiro atoms. The summed E-state index contributed by atoms with van der Waals surface area (Å²) in [7, 11) is 1.57. The topological polar surface area (TPSA) is 55.6 Å². The van der Waals surface area contributed by atoms with Gasteiger partial charge < -0.3 is 15.4 Å². The highest BCUT2D eigenvalue weighted by atomic mass is 16.5. The largest absolute Gasteiger partial charge is 0.495 e. The van der Waals surface area contributed by atoms with Crippen molar-refractivity contribution in [3.05, 3.63) is 23.8 Å². The molecule has 1 aliphatic heterocycles. The first-order valence-electron chi connectivity index (χ1n) is 6.38. The Morgan fingerprint density at radius 3 is 2.83 bits per heavy atom. The van der Waals surface area contributed by atoms with E-state index in [0.29, 0.717) is 23.0 Å². The van der Waals surface area contributed by atoms with Gasteiger partial charge >= 0.3 is 0 Å². The average molecular weight is 248 g/mol. The molecule has 1 saturated heterocycles. The van der Waals surface area contributed by atoms with E-state index in [9.17, 15) is 4.79 Å². The highest BCUT2D eigenvalue weighted by molar-refractivity contribution is 5.95. The van der Waals surface area contributed by atoms with Gasteiger partial charge in [0.15, 0.2) is 0 Å². The van der Waals surface area contributed by atoms with Crippen LogP contribution in [0.25, 0.3) is 0 Å². The molecule has 4 nitrogen and oxygen atoms in total. The number of methoxy groups -OCH3 is 1. The summed E-state index contributed by atoms with van der Waals surface area (Å²) in [6.45, 7) is 2.94. The summed E-state index contributed by atoms with van der Waals surface area (Å²) >= 11 is 0. The lowest BCUT2D eigenvalue weighted by Gasteiger charge is -2.33. The normalized spacial score (nSPS) is 19.7. The zero-order valence-electron chi connectivity index (χ0n) is 11.0. The van der Waals surface area contributed by atoms with Gasteiger partial charge in [-0.15, -0.1) is 0 Å². The van der Waals surface area contributed by atoms with Crippen LogP contribution in [-0.2, 0) is 0 Å². The van der Waals surface area contributed by atoms with Gasteiger partial charge in [-0.2, -0.15) is 0 Å². The fraction of sp³-hybridized carbons (Fsp3) is 0.500. The molecule has 1 fully saturated rings. The number of piperidine rings is 1. The molecule has 1 atom stereocenters. The highest BCUT2D eigenvalue weighted by Crippen LogP contribution is 2.24. The third-order valence-electron chi connectivity index (χ3n) is 3.54. The summed E-state index contributed by atoms with van der Waals surface area (Å²) in [4.78, 5) is 14.3. The molecule has 1 heterocycles. The van der Waals surface area contributed by atoms with Gasteiger partial charge in [0.25, 0.3) is 5.91 Å². The number of benzene rings is 1. The predicted molar refractivity (Wildman–Crippen MR) is 71.8 cm³/mol. The first-order valence-corrected chi connectivity index (χ1v) is 6.38. The van der Waals surface area contributed by atoms with Gasteiger partial charge in [-0.05, 0) is 44.4 Å². The monoisotopic (exact) mass is 248 g/mol. The zero-order chi connectivity index (χ0) is 13.1. The van der Waals surface area contributed by atoms with Crippen LogP contribution in [0.4, 0.5) is 5.69 Å². The molecule has 0 radical (unpaired) electrons. The molecule has 2 N–H and O–H groups in total. The molecule has 1 aromatic carbocycles. The van der Waals surface area contributed by atoms with Crippen LogP contribution in [0.2, 0.25) is 0 Å². The number of nitrogen functional groups attached to an aromatic ring is 1. The van der Waals surface area contributed by atoms with Crippen LogP contribution in [-0.4, -0.2) is 30.5 Å². The molecule has 1 aliphatic rings. The van der Waals surface area contributed by atoms with Gasteiger partial charge in [-0.1, -0.05) is 0 Å². The quantitative estimate of drug-likeness (QED) is 0.817. The van der Waals surface area contributed by atoms with E-state index in [-0.39, 0.29) is 5.91 Å². The van der Waals surface area contributed by atoms with Crippen LogP contribution < -0.4 is 10.5 Å². The molecule has 2 rings (SSSR count). The fourth-order valence-corrected chi connectivity index (χ4v) is 2.43. The molecular formula is C14H20N2O2. The standard InChI is InChI=1S/C14H20N2O2/c1-10-5-3-4-8-16(10)14(17)11-6-7-13(18-2)12(15)9-11/h6-7,9-10H,3-5,8,15H2,1-2H3/t10-/m1/s1. The molecule has 0 bridgehead atoms. The lowest BCUT2D eigenvalue weighted by molar-refractivity contribution is 0.0635. The second-order valence-electron chi connectivity index (χ2n) is 4.80. The molecule has 1 amide bonds. The Kier molecular flexibility index (Phi) is 3.75. The minimum absolute atomic E-state index is 0.0663.